The first-order chi connectivity index (χ1) is 5.63. The maximum atomic E-state index is 11.4. The SMILES string of the molecule is O=C1O[C@@H]2[C@H](I)[C@H]3C[C@H]2C1(Cl)C3. The Bertz CT molecular complexity index is 270. The first-order valence-corrected chi connectivity index (χ1v) is 5.79. The molecule has 2 bridgehead atoms. The Morgan fingerprint density at radius 1 is 1.67 bits per heavy atom. The Labute approximate surface area is 89.1 Å². The van der Waals surface area contributed by atoms with Gasteiger partial charge in [0.1, 0.15) is 11.0 Å². The Morgan fingerprint density at radius 3 is 3.00 bits per heavy atom. The second-order valence-corrected chi connectivity index (χ2v) is 6.10. The molecule has 0 spiro atoms. The van der Waals surface area contributed by atoms with Gasteiger partial charge in [0.2, 0.25) is 0 Å². The average Bonchev–Trinajstić information content (AvgIpc) is 2.53. The van der Waals surface area contributed by atoms with E-state index < -0.39 is 4.87 Å². The van der Waals surface area contributed by atoms with Crippen LogP contribution in [0.25, 0.3) is 0 Å². The minimum atomic E-state index is -0.628. The maximum absolute atomic E-state index is 11.4. The smallest absolute Gasteiger partial charge is 0.327 e. The molecule has 2 aliphatic carbocycles. The molecule has 2 nitrogen and oxygen atoms in total. The van der Waals surface area contributed by atoms with Gasteiger partial charge in [0.15, 0.2) is 0 Å². The number of halogens is 2. The summed E-state index contributed by atoms with van der Waals surface area (Å²) in [6.45, 7) is 0. The van der Waals surface area contributed by atoms with Gasteiger partial charge in [0, 0.05) is 5.92 Å². The fourth-order valence-electron chi connectivity index (χ4n) is 2.86. The minimum Gasteiger partial charge on any atom is -0.460 e. The van der Waals surface area contributed by atoms with Crippen LogP contribution in [-0.4, -0.2) is 20.9 Å². The number of alkyl halides is 2. The van der Waals surface area contributed by atoms with Crippen LogP contribution in [-0.2, 0) is 9.53 Å². The predicted octanol–water partition coefficient (Wildman–Crippen LogP) is 1.73. The molecule has 0 aromatic rings. The Morgan fingerprint density at radius 2 is 2.42 bits per heavy atom. The largest absolute Gasteiger partial charge is 0.460 e. The summed E-state index contributed by atoms with van der Waals surface area (Å²) in [7, 11) is 0. The molecule has 1 saturated heterocycles. The maximum Gasteiger partial charge on any atom is 0.327 e. The van der Waals surface area contributed by atoms with E-state index in [1.807, 2.05) is 0 Å². The van der Waals surface area contributed by atoms with Crippen molar-refractivity contribution < 1.29 is 9.53 Å². The molecule has 12 heavy (non-hydrogen) atoms. The lowest BCUT2D eigenvalue weighted by molar-refractivity contribution is -0.142. The van der Waals surface area contributed by atoms with Crippen LogP contribution in [0.15, 0.2) is 0 Å². The van der Waals surface area contributed by atoms with E-state index in [1.54, 1.807) is 0 Å². The minimum absolute atomic E-state index is 0.120. The van der Waals surface area contributed by atoms with Crippen LogP contribution in [0.5, 0.6) is 0 Å². The highest BCUT2D eigenvalue weighted by molar-refractivity contribution is 14.1. The van der Waals surface area contributed by atoms with Crippen molar-refractivity contribution >= 4 is 40.2 Å². The molecular weight excluding hydrogens is 290 g/mol. The molecule has 3 aliphatic rings. The zero-order valence-electron chi connectivity index (χ0n) is 6.30. The van der Waals surface area contributed by atoms with Gasteiger partial charge in [-0.15, -0.1) is 11.6 Å². The highest BCUT2D eigenvalue weighted by atomic mass is 127. The first-order valence-electron chi connectivity index (χ1n) is 4.17. The van der Waals surface area contributed by atoms with Gasteiger partial charge in [0.25, 0.3) is 0 Å². The van der Waals surface area contributed by atoms with E-state index in [2.05, 4.69) is 22.6 Å². The van der Waals surface area contributed by atoms with Crippen molar-refractivity contribution in [1.29, 1.82) is 0 Å². The van der Waals surface area contributed by atoms with Crippen LogP contribution in [0.2, 0.25) is 0 Å². The quantitative estimate of drug-likeness (QED) is 0.387. The van der Waals surface area contributed by atoms with E-state index in [1.165, 1.54) is 0 Å². The number of fused-ring (bicyclic) bond motifs is 1. The third-order valence-electron chi connectivity index (χ3n) is 3.45. The number of hydrogen-bond acceptors (Lipinski definition) is 2. The van der Waals surface area contributed by atoms with Crippen LogP contribution in [0.4, 0.5) is 0 Å². The number of rotatable bonds is 0. The lowest BCUT2D eigenvalue weighted by Gasteiger charge is -2.24. The molecule has 0 amide bonds. The van der Waals surface area contributed by atoms with Crippen molar-refractivity contribution in [3.05, 3.63) is 0 Å². The number of esters is 1. The van der Waals surface area contributed by atoms with Gasteiger partial charge in [-0.2, -0.15) is 0 Å². The highest BCUT2D eigenvalue weighted by Crippen LogP contribution is 2.61. The summed E-state index contributed by atoms with van der Waals surface area (Å²) in [6, 6.07) is 0. The lowest BCUT2D eigenvalue weighted by Crippen LogP contribution is -2.36. The summed E-state index contributed by atoms with van der Waals surface area (Å²) >= 11 is 8.63. The van der Waals surface area contributed by atoms with Crippen LogP contribution in [0, 0.1) is 11.8 Å². The van der Waals surface area contributed by atoms with Crippen LogP contribution < -0.4 is 0 Å². The normalized spacial score (nSPS) is 61.0. The molecule has 3 rings (SSSR count). The molecule has 3 fully saturated rings. The van der Waals surface area contributed by atoms with Crippen LogP contribution in [0.3, 0.4) is 0 Å². The van der Waals surface area contributed by atoms with E-state index in [9.17, 15) is 4.79 Å². The molecule has 0 N–H and O–H groups in total. The first kappa shape index (κ1) is 7.85. The molecular formula is C8H8ClIO2. The molecule has 2 saturated carbocycles. The zero-order chi connectivity index (χ0) is 8.51. The lowest BCUT2D eigenvalue weighted by atomic mass is 9.89. The van der Waals surface area contributed by atoms with E-state index in [0.29, 0.717) is 15.8 Å². The Balaban J connectivity index is 2.09. The van der Waals surface area contributed by atoms with Crippen molar-refractivity contribution in [1.82, 2.24) is 0 Å². The van der Waals surface area contributed by atoms with Crippen molar-refractivity contribution in [2.24, 2.45) is 11.8 Å². The third kappa shape index (κ3) is 0.672. The molecule has 1 aliphatic heterocycles. The summed E-state index contributed by atoms with van der Waals surface area (Å²) in [4.78, 5) is 10.8. The Hall–Kier alpha value is 0.490. The van der Waals surface area contributed by atoms with Gasteiger partial charge < -0.3 is 4.74 Å². The molecule has 0 aromatic heterocycles. The van der Waals surface area contributed by atoms with Gasteiger partial charge in [-0.3, -0.25) is 4.79 Å². The molecule has 5 atom stereocenters. The summed E-state index contributed by atoms with van der Waals surface area (Å²) in [5.41, 5.74) is 0. The fourth-order valence-corrected chi connectivity index (χ4v) is 4.51. The molecule has 4 heteroatoms. The summed E-state index contributed by atoms with van der Waals surface area (Å²) < 4.78 is 5.78. The summed E-state index contributed by atoms with van der Waals surface area (Å²) in [6.07, 6.45) is 2.05. The van der Waals surface area contributed by atoms with Gasteiger partial charge in [0.05, 0.1) is 3.92 Å². The zero-order valence-corrected chi connectivity index (χ0v) is 9.21. The summed E-state index contributed by atoms with van der Waals surface area (Å²) in [5, 5.41) is 0. The topological polar surface area (TPSA) is 26.3 Å². The van der Waals surface area contributed by atoms with E-state index in [4.69, 9.17) is 16.3 Å². The van der Waals surface area contributed by atoms with Gasteiger partial charge >= 0.3 is 5.97 Å². The fraction of sp³-hybridized carbons (Fsp3) is 0.875. The Kier molecular flexibility index (Phi) is 1.38. The van der Waals surface area contributed by atoms with E-state index in [0.717, 1.165) is 12.8 Å². The van der Waals surface area contributed by atoms with Crippen LogP contribution in [0.1, 0.15) is 12.8 Å². The molecule has 0 aromatic carbocycles. The highest BCUT2D eigenvalue weighted by Gasteiger charge is 2.69. The molecule has 66 valence electrons. The van der Waals surface area contributed by atoms with Crippen molar-refractivity contribution in [2.45, 2.75) is 27.7 Å². The summed E-state index contributed by atoms with van der Waals surface area (Å²) in [5.74, 6) is 0.754. The van der Waals surface area contributed by atoms with Crippen LogP contribution >= 0.6 is 34.2 Å². The second kappa shape index (κ2) is 2.11. The van der Waals surface area contributed by atoms with Crippen molar-refractivity contribution in [3.8, 4) is 0 Å². The standard InChI is InChI=1S/C8H8ClIO2/c9-8-2-3-1-4(8)6(5(3)10)12-7(8)11/h3-6H,1-2H2/t3-,4+,5+,6-,8?/m0/s1. The monoisotopic (exact) mass is 298 g/mol. The van der Waals surface area contributed by atoms with E-state index >= 15 is 0 Å². The second-order valence-electron chi connectivity index (χ2n) is 3.98. The van der Waals surface area contributed by atoms with Gasteiger partial charge in [-0.1, -0.05) is 22.6 Å². The van der Waals surface area contributed by atoms with Gasteiger partial charge in [-0.05, 0) is 18.8 Å². The molecule has 1 heterocycles. The van der Waals surface area contributed by atoms with Crippen molar-refractivity contribution in [2.75, 3.05) is 0 Å². The molecule has 0 radical (unpaired) electrons. The number of carbonyl (C=O) groups is 1. The van der Waals surface area contributed by atoms with Crippen molar-refractivity contribution in [3.63, 3.8) is 0 Å². The average molecular weight is 299 g/mol. The number of carbonyl (C=O) groups excluding carboxylic acids is 1. The number of ether oxygens (including phenoxy) is 1. The number of hydrogen-bond donors (Lipinski definition) is 0. The predicted molar refractivity (Wildman–Crippen MR) is 52.5 cm³/mol. The molecule has 1 unspecified atom stereocenters. The van der Waals surface area contributed by atoms with Gasteiger partial charge in [-0.25, -0.2) is 0 Å². The van der Waals surface area contributed by atoms with E-state index in [-0.39, 0.29) is 12.1 Å². The third-order valence-corrected chi connectivity index (χ3v) is 5.76.